The zero-order chi connectivity index (χ0) is 24.8. The molecule has 35 heavy (non-hydrogen) atoms. The Morgan fingerprint density at radius 1 is 1.11 bits per heavy atom. The number of unbranched alkanes of at least 4 members (excludes halogenated alkanes) is 1. The average molecular weight is 590 g/mol. The quantitative estimate of drug-likeness (QED) is 0.155. The summed E-state index contributed by atoms with van der Waals surface area (Å²) in [6.45, 7) is 6.61. The number of aliphatic hydroxyl groups is 1. The maximum absolute atomic E-state index is 13.3. The van der Waals surface area contributed by atoms with Gasteiger partial charge in [-0.2, -0.15) is 0 Å². The fourth-order valence-electron chi connectivity index (χ4n) is 4.40. The molecule has 2 aromatic rings. The van der Waals surface area contributed by atoms with Crippen LogP contribution in [0.3, 0.4) is 0 Å². The molecule has 0 radical (unpaired) electrons. The maximum atomic E-state index is 13.3. The van der Waals surface area contributed by atoms with Crippen LogP contribution in [0.5, 0.6) is 5.75 Å². The predicted octanol–water partition coefficient (Wildman–Crippen LogP) is 4.22. The van der Waals surface area contributed by atoms with Gasteiger partial charge in [-0.15, -0.1) is 0 Å². The highest BCUT2D eigenvalue weighted by Crippen LogP contribution is 2.39. The molecular formula is C27H31IN2O5. The average Bonchev–Trinajstić information content (AvgIpc) is 3.13. The van der Waals surface area contributed by atoms with Crippen LogP contribution < -0.4 is 4.74 Å². The lowest BCUT2D eigenvalue weighted by atomic mass is 9.95. The molecule has 1 amide bonds. The van der Waals surface area contributed by atoms with Crippen LogP contribution in [0.15, 0.2) is 54.1 Å². The Morgan fingerprint density at radius 3 is 2.57 bits per heavy atom. The highest BCUT2D eigenvalue weighted by Gasteiger charge is 2.46. The second kappa shape index (κ2) is 12.0. The first-order valence-electron chi connectivity index (χ1n) is 12.1. The number of aliphatic hydroxyl groups excluding tert-OH is 1. The number of hydrogen-bond donors (Lipinski definition) is 1. The molecule has 2 aliphatic rings. The number of hydrogen-bond acceptors (Lipinski definition) is 6. The van der Waals surface area contributed by atoms with Gasteiger partial charge in [-0.3, -0.25) is 14.5 Å². The molecule has 2 saturated heterocycles. The summed E-state index contributed by atoms with van der Waals surface area (Å²) in [6.07, 6.45) is 1.95. The van der Waals surface area contributed by atoms with E-state index in [-0.39, 0.29) is 11.3 Å². The van der Waals surface area contributed by atoms with Gasteiger partial charge < -0.3 is 19.5 Å². The lowest BCUT2D eigenvalue weighted by Gasteiger charge is -2.31. The van der Waals surface area contributed by atoms with E-state index >= 15 is 0 Å². The van der Waals surface area contributed by atoms with Crippen molar-refractivity contribution < 1.29 is 24.2 Å². The van der Waals surface area contributed by atoms with Crippen LogP contribution in [0.1, 0.15) is 36.9 Å². The van der Waals surface area contributed by atoms with Crippen LogP contribution in [0.2, 0.25) is 0 Å². The first-order valence-corrected chi connectivity index (χ1v) is 13.1. The maximum Gasteiger partial charge on any atom is 0.295 e. The summed E-state index contributed by atoms with van der Waals surface area (Å²) < 4.78 is 12.3. The minimum absolute atomic E-state index is 0.115. The second-order valence-electron chi connectivity index (χ2n) is 8.73. The fourth-order valence-corrected chi connectivity index (χ4v) is 4.76. The van der Waals surface area contributed by atoms with E-state index in [1.165, 1.54) is 0 Å². The van der Waals surface area contributed by atoms with E-state index in [4.69, 9.17) is 9.47 Å². The number of ketones is 1. The molecule has 2 fully saturated rings. The number of halogens is 1. The summed E-state index contributed by atoms with van der Waals surface area (Å²) in [5, 5.41) is 11.3. The van der Waals surface area contributed by atoms with Crippen LogP contribution in [-0.4, -0.2) is 72.6 Å². The molecule has 2 heterocycles. The first kappa shape index (κ1) is 25.7. The van der Waals surface area contributed by atoms with Crippen LogP contribution in [0.25, 0.3) is 5.76 Å². The topological polar surface area (TPSA) is 79.3 Å². The monoisotopic (exact) mass is 590 g/mol. The Morgan fingerprint density at radius 2 is 1.86 bits per heavy atom. The zero-order valence-corrected chi connectivity index (χ0v) is 22.1. The van der Waals surface area contributed by atoms with Gasteiger partial charge >= 0.3 is 0 Å². The first-order chi connectivity index (χ1) is 17.0. The minimum atomic E-state index is -0.662. The van der Waals surface area contributed by atoms with Crippen molar-refractivity contribution in [2.45, 2.75) is 25.8 Å². The SMILES string of the molecule is CCCCOc1cccc(/C(O)=C2\C(=O)C(=O)N(CCN3CCOCC3)C2c2ccc(I)cc2)c1. The highest BCUT2D eigenvalue weighted by molar-refractivity contribution is 14.1. The van der Waals surface area contributed by atoms with Gasteiger partial charge in [0.2, 0.25) is 0 Å². The Hall–Kier alpha value is -2.43. The molecule has 0 aromatic heterocycles. The lowest BCUT2D eigenvalue weighted by molar-refractivity contribution is -0.140. The van der Waals surface area contributed by atoms with Gasteiger partial charge in [-0.05, 0) is 58.8 Å². The van der Waals surface area contributed by atoms with Crippen molar-refractivity contribution in [2.24, 2.45) is 0 Å². The molecule has 0 aliphatic carbocycles. The van der Waals surface area contributed by atoms with Gasteiger partial charge in [-0.25, -0.2) is 0 Å². The van der Waals surface area contributed by atoms with E-state index in [9.17, 15) is 14.7 Å². The number of carbonyl (C=O) groups excluding carboxylic acids is 2. The molecular weight excluding hydrogens is 559 g/mol. The summed E-state index contributed by atoms with van der Waals surface area (Å²) in [6, 6.07) is 14.1. The van der Waals surface area contributed by atoms with E-state index in [0.29, 0.717) is 44.2 Å². The Balaban J connectivity index is 1.68. The zero-order valence-electron chi connectivity index (χ0n) is 19.9. The van der Waals surface area contributed by atoms with Gasteiger partial charge in [0, 0.05) is 35.3 Å². The third-order valence-corrected chi connectivity index (χ3v) is 7.08. The lowest BCUT2D eigenvalue weighted by Crippen LogP contribution is -2.42. The largest absolute Gasteiger partial charge is 0.507 e. The number of nitrogens with zero attached hydrogens (tertiary/aromatic N) is 2. The third kappa shape index (κ3) is 6.05. The van der Waals surface area contributed by atoms with E-state index in [1.54, 1.807) is 23.1 Å². The van der Waals surface area contributed by atoms with Gasteiger partial charge in [-0.1, -0.05) is 37.6 Å². The number of amides is 1. The number of morpholine rings is 1. The van der Waals surface area contributed by atoms with Gasteiger partial charge in [0.1, 0.15) is 11.5 Å². The molecule has 4 rings (SSSR count). The molecule has 1 atom stereocenters. The molecule has 0 spiro atoms. The number of Topliss-reactive ketones (excluding diaryl/α,β-unsaturated/α-hetero) is 1. The minimum Gasteiger partial charge on any atom is -0.507 e. The smallest absolute Gasteiger partial charge is 0.295 e. The van der Waals surface area contributed by atoms with Crippen molar-refractivity contribution in [3.8, 4) is 5.75 Å². The molecule has 2 aliphatic heterocycles. The number of ether oxygens (including phenoxy) is 2. The van der Waals surface area contributed by atoms with E-state index < -0.39 is 17.7 Å². The number of carbonyl (C=O) groups is 2. The molecule has 0 bridgehead atoms. The molecule has 1 unspecified atom stereocenters. The van der Waals surface area contributed by atoms with Crippen LogP contribution >= 0.6 is 22.6 Å². The Bertz CT molecular complexity index is 1080. The molecule has 2 aromatic carbocycles. The Labute approximate surface area is 219 Å². The van der Waals surface area contributed by atoms with Crippen molar-refractivity contribution >= 4 is 40.0 Å². The molecule has 8 heteroatoms. The molecule has 0 saturated carbocycles. The summed E-state index contributed by atoms with van der Waals surface area (Å²) >= 11 is 2.22. The number of rotatable bonds is 9. The van der Waals surface area contributed by atoms with Crippen molar-refractivity contribution in [3.63, 3.8) is 0 Å². The molecule has 7 nitrogen and oxygen atoms in total. The second-order valence-corrected chi connectivity index (χ2v) is 9.97. The summed E-state index contributed by atoms with van der Waals surface area (Å²) in [5.74, 6) is -0.805. The summed E-state index contributed by atoms with van der Waals surface area (Å²) in [4.78, 5) is 30.2. The van der Waals surface area contributed by atoms with Gasteiger partial charge in [0.25, 0.3) is 11.7 Å². The van der Waals surface area contributed by atoms with Crippen LogP contribution in [-0.2, 0) is 14.3 Å². The van der Waals surface area contributed by atoms with Crippen molar-refractivity contribution in [2.75, 3.05) is 46.0 Å². The molecule has 1 N–H and O–H groups in total. The van der Waals surface area contributed by atoms with Crippen LogP contribution in [0, 0.1) is 3.57 Å². The third-order valence-electron chi connectivity index (χ3n) is 6.36. The standard InChI is InChI=1S/C27H31IN2O5/c1-2-3-15-35-22-6-4-5-20(18-22)25(31)23-24(19-7-9-21(28)10-8-19)30(27(33)26(23)32)12-11-29-13-16-34-17-14-29/h4-10,18,24,31H,2-3,11-17H2,1H3/b25-23+. The van der Waals surface area contributed by atoms with Crippen LogP contribution in [0.4, 0.5) is 0 Å². The number of benzene rings is 2. The fraction of sp³-hybridized carbons (Fsp3) is 0.407. The van der Waals surface area contributed by atoms with Gasteiger partial charge in [0.15, 0.2) is 0 Å². The van der Waals surface area contributed by atoms with Crippen molar-refractivity contribution in [3.05, 3.63) is 68.8 Å². The van der Waals surface area contributed by atoms with E-state index in [0.717, 1.165) is 35.1 Å². The Kier molecular flexibility index (Phi) is 8.80. The molecule has 186 valence electrons. The highest BCUT2D eigenvalue weighted by atomic mass is 127. The van der Waals surface area contributed by atoms with Gasteiger partial charge in [0.05, 0.1) is 31.4 Å². The predicted molar refractivity (Wildman–Crippen MR) is 142 cm³/mol. The van der Waals surface area contributed by atoms with Crippen molar-refractivity contribution in [1.82, 2.24) is 9.80 Å². The van der Waals surface area contributed by atoms with E-state index in [2.05, 4.69) is 34.4 Å². The summed E-state index contributed by atoms with van der Waals surface area (Å²) in [5.41, 5.74) is 1.37. The number of likely N-dealkylation sites (tertiary alicyclic amines) is 1. The van der Waals surface area contributed by atoms with E-state index in [1.807, 2.05) is 30.3 Å². The summed E-state index contributed by atoms with van der Waals surface area (Å²) in [7, 11) is 0. The van der Waals surface area contributed by atoms with Crippen molar-refractivity contribution in [1.29, 1.82) is 0 Å². The normalized spacial score (nSPS) is 20.4.